The standard InChI is InChI=1S/C10H13N5O4/c1-13(2)9-11-7-6(15(9)4-5(16)17)8(18)12-10(19)14(7)3/h4H2,1-3H3,(H,16,17)(H,12,18,19). The molecule has 19 heavy (non-hydrogen) atoms. The number of aromatic amines is 1. The van der Waals surface area contributed by atoms with Crippen molar-refractivity contribution in [2.45, 2.75) is 6.54 Å². The minimum Gasteiger partial charge on any atom is -0.480 e. The van der Waals surface area contributed by atoms with Crippen molar-refractivity contribution in [1.29, 1.82) is 0 Å². The van der Waals surface area contributed by atoms with Crippen LogP contribution in [0.25, 0.3) is 11.2 Å². The summed E-state index contributed by atoms with van der Waals surface area (Å²) >= 11 is 0. The number of anilines is 1. The van der Waals surface area contributed by atoms with Gasteiger partial charge in [-0.05, 0) is 0 Å². The summed E-state index contributed by atoms with van der Waals surface area (Å²) in [6.07, 6.45) is 0. The van der Waals surface area contributed by atoms with Gasteiger partial charge in [-0.15, -0.1) is 0 Å². The van der Waals surface area contributed by atoms with Crippen molar-refractivity contribution in [1.82, 2.24) is 19.1 Å². The number of hydrogen-bond acceptors (Lipinski definition) is 5. The van der Waals surface area contributed by atoms with Gasteiger partial charge in [-0.25, -0.2) is 4.79 Å². The Morgan fingerprint density at radius 3 is 2.58 bits per heavy atom. The van der Waals surface area contributed by atoms with Gasteiger partial charge in [0.15, 0.2) is 11.2 Å². The van der Waals surface area contributed by atoms with Crippen LogP contribution in [0, 0.1) is 0 Å². The minimum absolute atomic E-state index is 0.0631. The molecule has 2 aromatic heterocycles. The molecule has 0 fully saturated rings. The second-order valence-electron chi connectivity index (χ2n) is 4.28. The van der Waals surface area contributed by atoms with Crippen molar-refractivity contribution < 1.29 is 9.90 Å². The monoisotopic (exact) mass is 267 g/mol. The Kier molecular flexibility index (Phi) is 2.89. The minimum atomic E-state index is -1.10. The number of aryl methyl sites for hydroxylation is 1. The zero-order valence-electron chi connectivity index (χ0n) is 10.7. The summed E-state index contributed by atoms with van der Waals surface area (Å²) in [5.41, 5.74) is -1.03. The third-order valence-electron chi connectivity index (χ3n) is 2.68. The van der Waals surface area contributed by atoms with Crippen LogP contribution >= 0.6 is 0 Å². The molecule has 0 saturated heterocycles. The predicted octanol–water partition coefficient (Wildman–Crippen LogP) is -1.43. The summed E-state index contributed by atoms with van der Waals surface area (Å²) in [5, 5.41) is 8.92. The van der Waals surface area contributed by atoms with Gasteiger partial charge in [0.1, 0.15) is 6.54 Å². The molecular weight excluding hydrogens is 254 g/mol. The van der Waals surface area contributed by atoms with Gasteiger partial charge in [0, 0.05) is 21.1 Å². The van der Waals surface area contributed by atoms with Crippen LogP contribution in [-0.2, 0) is 18.4 Å². The summed E-state index contributed by atoms with van der Waals surface area (Å²) < 4.78 is 2.43. The van der Waals surface area contributed by atoms with Gasteiger partial charge in [-0.2, -0.15) is 4.98 Å². The predicted molar refractivity (Wildman–Crippen MR) is 67.6 cm³/mol. The largest absolute Gasteiger partial charge is 0.480 e. The van der Waals surface area contributed by atoms with Gasteiger partial charge < -0.3 is 10.0 Å². The molecule has 0 unspecified atom stereocenters. The van der Waals surface area contributed by atoms with Crippen molar-refractivity contribution in [3.8, 4) is 0 Å². The van der Waals surface area contributed by atoms with Crippen LogP contribution in [0.1, 0.15) is 0 Å². The Morgan fingerprint density at radius 1 is 1.42 bits per heavy atom. The molecule has 0 radical (unpaired) electrons. The quantitative estimate of drug-likeness (QED) is 0.705. The maximum absolute atomic E-state index is 11.8. The SMILES string of the molecule is CN(C)c1nc2c(c(=O)[nH]c(=O)n2C)n1CC(=O)O. The first-order valence-electron chi connectivity index (χ1n) is 5.41. The molecule has 0 aliphatic heterocycles. The number of fused-ring (bicyclic) bond motifs is 1. The molecule has 0 bridgehead atoms. The number of aromatic nitrogens is 4. The molecule has 0 aliphatic carbocycles. The molecule has 2 aromatic rings. The Labute approximate surface area is 106 Å². The fraction of sp³-hybridized carbons (Fsp3) is 0.400. The molecule has 0 amide bonds. The normalized spacial score (nSPS) is 10.9. The number of nitrogens with one attached hydrogen (secondary N) is 1. The van der Waals surface area contributed by atoms with E-state index in [9.17, 15) is 14.4 Å². The van der Waals surface area contributed by atoms with E-state index in [1.165, 1.54) is 16.2 Å². The molecule has 0 aliphatic rings. The number of nitrogens with zero attached hydrogens (tertiary/aromatic N) is 4. The zero-order valence-corrected chi connectivity index (χ0v) is 10.7. The zero-order chi connectivity index (χ0) is 14.3. The smallest absolute Gasteiger partial charge is 0.329 e. The highest BCUT2D eigenvalue weighted by atomic mass is 16.4. The number of carboxylic acids is 1. The van der Waals surface area contributed by atoms with E-state index >= 15 is 0 Å². The van der Waals surface area contributed by atoms with Crippen LogP contribution in [0.2, 0.25) is 0 Å². The van der Waals surface area contributed by atoms with Gasteiger partial charge in [-0.3, -0.25) is 23.7 Å². The molecule has 0 atom stereocenters. The van der Waals surface area contributed by atoms with E-state index < -0.39 is 23.8 Å². The van der Waals surface area contributed by atoms with Gasteiger partial charge in [0.05, 0.1) is 0 Å². The van der Waals surface area contributed by atoms with Gasteiger partial charge in [0.25, 0.3) is 5.56 Å². The molecule has 9 heteroatoms. The highest BCUT2D eigenvalue weighted by Crippen LogP contribution is 2.16. The first-order valence-corrected chi connectivity index (χ1v) is 5.41. The van der Waals surface area contributed by atoms with Crippen LogP contribution in [0.15, 0.2) is 9.59 Å². The molecule has 9 nitrogen and oxygen atoms in total. The molecule has 0 spiro atoms. The van der Waals surface area contributed by atoms with Gasteiger partial charge in [-0.1, -0.05) is 0 Å². The number of aliphatic carboxylic acids is 1. The number of carboxylic acid groups (broad SMARTS) is 1. The lowest BCUT2D eigenvalue weighted by Gasteiger charge is -2.12. The van der Waals surface area contributed by atoms with E-state index in [0.717, 1.165) is 0 Å². The number of carbonyl (C=O) groups is 1. The van der Waals surface area contributed by atoms with Crippen LogP contribution in [0.5, 0.6) is 0 Å². The van der Waals surface area contributed by atoms with E-state index in [-0.39, 0.29) is 11.2 Å². The molecule has 2 N–H and O–H groups in total. The van der Waals surface area contributed by atoms with Crippen molar-refractivity contribution >= 4 is 23.1 Å². The first kappa shape index (κ1) is 12.9. The highest BCUT2D eigenvalue weighted by Gasteiger charge is 2.19. The maximum Gasteiger partial charge on any atom is 0.329 e. The lowest BCUT2D eigenvalue weighted by atomic mass is 10.5. The van der Waals surface area contributed by atoms with Gasteiger partial charge >= 0.3 is 11.7 Å². The van der Waals surface area contributed by atoms with E-state index in [1.54, 1.807) is 19.0 Å². The van der Waals surface area contributed by atoms with Crippen LogP contribution in [0.4, 0.5) is 5.95 Å². The second-order valence-corrected chi connectivity index (χ2v) is 4.28. The van der Waals surface area contributed by atoms with Crippen molar-refractivity contribution in [3.05, 3.63) is 20.8 Å². The summed E-state index contributed by atoms with van der Waals surface area (Å²) in [4.78, 5) is 42.1. The average molecular weight is 267 g/mol. The second kappa shape index (κ2) is 4.26. The topological polar surface area (TPSA) is 113 Å². The van der Waals surface area contributed by atoms with E-state index in [2.05, 4.69) is 9.97 Å². The molecule has 2 rings (SSSR count). The van der Waals surface area contributed by atoms with E-state index in [0.29, 0.717) is 5.95 Å². The summed E-state index contributed by atoms with van der Waals surface area (Å²) in [5.74, 6) is -0.806. The van der Waals surface area contributed by atoms with Crippen molar-refractivity contribution in [2.24, 2.45) is 7.05 Å². The van der Waals surface area contributed by atoms with E-state index in [1.807, 2.05) is 0 Å². The molecule has 102 valence electrons. The third-order valence-corrected chi connectivity index (χ3v) is 2.68. The molecule has 2 heterocycles. The van der Waals surface area contributed by atoms with Crippen LogP contribution in [-0.4, -0.2) is 44.3 Å². The summed E-state index contributed by atoms with van der Waals surface area (Å²) in [6.45, 7) is -0.411. The number of H-pyrrole nitrogens is 1. The summed E-state index contributed by atoms with van der Waals surface area (Å²) in [6, 6.07) is 0. The van der Waals surface area contributed by atoms with E-state index in [4.69, 9.17) is 5.11 Å². The Hall–Kier alpha value is -2.58. The van der Waals surface area contributed by atoms with Crippen LogP contribution < -0.4 is 16.1 Å². The summed E-state index contributed by atoms with van der Waals surface area (Å²) in [7, 11) is 4.80. The highest BCUT2D eigenvalue weighted by molar-refractivity contribution is 5.77. The Bertz CT molecular complexity index is 767. The number of imidazole rings is 1. The maximum atomic E-state index is 11.8. The number of rotatable bonds is 3. The molecular formula is C10H13N5O4. The van der Waals surface area contributed by atoms with Gasteiger partial charge in [0.2, 0.25) is 5.95 Å². The number of hydrogen-bond donors (Lipinski definition) is 2. The van der Waals surface area contributed by atoms with Crippen molar-refractivity contribution in [3.63, 3.8) is 0 Å². The fourth-order valence-corrected chi connectivity index (χ4v) is 1.85. The molecule has 0 saturated carbocycles. The molecule has 0 aromatic carbocycles. The lowest BCUT2D eigenvalue weighted by molar-refractivity contribution is -0.137. The third kappa shape index (κ3) is 1.98. The Balaban J connectivity index is 2.94. The van der Waals surface area contributed by atoms with Crippen molar-refractivity contribution in [2.75, 3.05) is 19.0 Å². The fourth-order valence-electron chi connectivity index (χ4n) is 1.85. The average Bonchev–Trinajstić information content (AvgIpc) is 2.65. The van der Waals surface area contributed by atoms with Crippen LogP contribution in [0.3, 0.4) is 0 Å². The first-order chi connectivity index (χ1) is 8.82. The Morgan fingerprint density at radius 2 is 2.05 bits per heavy atom. The lowest BCUT2D eigenvalue weighted by Crippen LogP contribution is -2.29.